The van der Waals surface area contributed by atoms with Crippen LogP contribution in [0.25, 0.3) is 0 Å². The Bertz CT molecular complexity index is 713. The molecule has 0 aliphatic rings. The van der Waals surface area contributed by atoms with Crippen LogP contribution in [0.2, 0.25) is 0 Å². The minimum Gasteiger partial charge on any atom is -0.487 e. The first-order valence-corrected chi connectivity index (χ1v) is 7.66. The lowest BCUT2D eigenvalue weighted by atomic mass is 9.97. The number of rotatable bonds is 7. The molecule has 8 heteroatoms. The third-order valence-corrected chi connectivity index (χ3v) is 3.66. The molecule has 0 N–H and O–H groups in total. The number of alkyl halides is 3. The molecule has 0 amide bonds. The van der Waals surface area contributed by atoms with Gasteiger partial charge in [-0.15, -0.1) is 0 Å². The molecule has 25 heavy (non-hydrogen) atoms. The molecule has 0 bridgehead atoms. The highest BCUT2D eigenvalue weighted by Crippen LogP contribution is 2.29. The molecule has 0 aliphatic carbocycles. The van der Waals surface area contributed by atoms with Crippen LogP contribution in [0.5, 0.6) is 5.75 Å². The number of carbonyl (C=O) groups excluding carboxylic acids is 1. The van der Waals surface area contributed by atoms with Crippen LogP contribution in [-0.2, 0) is 22.7 Å². The number of esters is 1. The van der Waals surface area contributed by atoms with Gasteiger partial charge in [-0.3, -0.25) is 9.48 Å². The SMILES string of the molecule is COC(=O)CC(C)c1ccccc1OCc1ccnn1CC(F)(F)F. The molecule has 1 aromatic heterocycles. The molecule has 0 saturated carbocycles. The summed E-state index contributed by atoms with van der Waals surface area (Å²) in [5.41, 5.74) is 1.10. The number of ether oxygens (including phenoxy) is 2. The van der Waals surface area contributed by atoms with Crippen LogP contribution in [0.1, 0.15) is 30.5 Å². The zero-order chi connectivity index (χ0) is 18.4. The Morgan fingerprint density at radius 1 is 1.28 bits per heavy atom. The van der Waals surface area contributed by atoms with Crippen molar-refractivity contribution in [2.75, 3.05) is 7.11 Å². The first kappa shape index (κ1) is 18.8. The van der Waals surface area contributed by atoms with Gasteiger partial charge in [0, 0.05) is 6.20 Å². The standard InChI is InChI=1S/C17H19F3N2O3/c1-12(9-16(23)24-2)14-5-3-4-6-15(14)25-10-13-7-8-21-22(13)11-17(18,19)20/h3-8,12H,9-11H2,1-2H3. The van der Waals surface area contributed by atoms with E-state index in [1.165, 1.54) is 19.4 Å². The number of benzene rings is 1. The molecule has 2 aromatic rings. The molecule has 1 aromatic carbocycles. The van der Waals surface area contributed by atoms with E-state index in [-0.39, 0.29) is 24.9 Å². The molecule has 0 aliphatic heterocycles. The summed E-state index contributed by atoms with van der Waals surface area (Å²) in [6, 6.07) is 8.58. The molecule has 1 heterocycles. The van der Waals surface area contributed by atoms with Crippen LogP contribution in [0.4, 0.5) is 13.2 Å². The van der Waals surface area contributed by atoms with Gasteiger partial charge in [-0.2, -0.15) is 18.3 Å². The highest BCUT2D eigenvalue weighted by atomic mass is 19.4. The Kier molecular flexibility index (Phi) is 6.06. The van der Waals surface area contributed by atoms with E-state index in [0.29, 0.717) is 11.4 Å². The van der Waals surface area contributed by atoms with Gasteiger partial charge in [0.25, 0.3) is 0 Å². The summed E-state index contributed by atoms with van der Waals surface area (Å²) in [4.78, 5) is 11.4. The summed E-state index contributed by atoms with van der Waals surface area (Å²) in [5.74, 6) is 0.0213. The first-order chi connectivity index (χ1) is 11.8. The van der Waals surface area contributed by atoms with E-state index in [1.54, 1.807) is 12.1 Å². The predicted octanol–water partition coefficient (Wildman–Crippen LogP) is 3.69. The van der Waals surface area contributed by atoms with Crippen LogP contribution >= 0.6 is 0 Å². The summed E-state index contributed by atoms with van der Waals surface area (Å²) >= 11 is 0. The second-order valence-electron chi connectivity index (χ2n) is 5.60. The van der Waals surface area contributed by atoms with E-state index in [9.17, 15) is 18.0 Å². The summed E-state index contributed by atoms with van der Waals surface area (Å²) in [6.45, 7) is 0.629. The van der Waals surface area contributed by atoms with Gasteiger partial charge in [-0.25, -0.2) is 0 Å². The molecule has 0 spiro atoms. The lowest BCUT2D eigenvalue weighted by molar-refractivity contribution is -0.143. The monoisotopic (exact) mass is 356 g/mol. The largest absolute Gasteiger partial charge is 0.487 e. The summed E-state index contributed by atoms with van der Waals surface area (Å²) in [6.07, 6.45) is -2.87. The van der Waals surface area contributed by atoms with Crippen molar-refractivity contribution in [3.63, 3.8) is 0 Å². The summed E-state index contributed by atoms with van der Waals surface area (Å²) in [7, 11) is 1.32. The second-order valence-corrected chi connectivity index (χ2v) is 5.60. The van der Waals surface area contributed by atoms with Gasteiger partial charge >= 0.3 is 12.1 Å². The average Bonchev–Trinajstić information content (AvgIpc) is 2.98. The van der Waals surface area contributed by atoms with E-state index in [1.807, 2.05) is 19.1 Å². The minimum absolute atomic E-state index is 0.0575. The molecule has 1 unspecified atom stereocenters. The number of methoxy groups -OCH3 is 1. The van der Waals surface area contributed by atoms with Crippen molar-refractivity contribution in [2.45, 2.75) is 38.6 Å². The molecule has 1 atom stereocenters. The van der Waals surface area contributed by atoms with Crippen LogP contribution in [0, 0.1) is 0 Å². The van der Waals surface area contributed by atoms with Crippen molar-refractivity contribution in [1.82, 2.24) is 9.78 Å². The Morgan fingerprint density at radius 3 is 2.68 bits per heavy atom. The van der Waals surface area contributed by atoms with Gasteiger partial charge < -0.3 is 9.47 Å². The number of nitrogens with zero attached hydrogens (tertiary/aromatic N) is 2. The van der Waals surface area contributed by atoms with Crippen molar-refractivity contribution in [1.29, 1.82) is 0 Å². The van der Waals surface area contributed by atoms with Gasteiger partial charge in [0.15, 0.2) is 0 Å². The highest BCUT2D eigenvalue weighted by Gasteiger charge is 2.29. The lowest BCUT2D eigenvalue weighted by Gasteiger charge is -2.17. The Morgan fingerprint density at radius 2 is 2.00 bits per heavy atom. The van der Waals surface area contributed by atoms with E-state index in [0.717, 1.165) is 10.2 Å². The highest BCUT2D eigenvalue weighted by molar-refractivity contribution is 5.70. The Labute approximate surface area is 143 Å². The second kappa shape index (κ2) is 8.04. The minimum atomic E-state index is -4.35. The quantitative estimate of drug-likeness (QED) is 0.710. The maximum absolute atomic E-state index is 12.5. The first-order valence-electron chi connectivity index (χ1n) is 7.66. The van der Waals surface area contributed by atoms with E-state index < -0.39 is 12.7 Å². The summed E-state index contributed by atoms with van der Waals surface area (Å²) < 4.78 is 48.8. The fourth-order valence-corrected chi connectivity index (χ4v) is 2.41. The van der Waals surface area contributed by atoms with Gasteiger partial charge in [-0.05, 0) is 23.6 Å². The van der Waals surface area contributed by atoms with Crippen molar-refractivity contribution >= 4 is 5.97 Å². The summed E-state index contributed by atoms with van der Waals surface area (Å²) in [5, 5.41) is 3.68. The molecule has 5 nitrogen and oxygen atoms in total. The van der Waals surface area contributed by atoms with Crippen LogP contribution < -0.4 is 4.74 Å². The van der Waals surface area contributed by atoms with Gasteiger partial charge in [0.1, 0.15) is 18.9 Å². The third-order valence-electron chi connectivity index (χ3n) is 3.66. The van der Waals surface area contributed by atoms with Crippen molar-refractivity contribution in [3.8, 4) is 5.75 Å². The predicted molar refractivity (Wildman–Crippen MR) is 84.1 cm³/mol. The zero-order valence-corrected chi connectivity index (χ0v) is 13.9. The third kappa shape index (κ3) is 5.51. The van der Waals surface area contributed by atoms with Crippen molar-refractivity contribution in [3.05, 3.63) is 47.8 Å². The normalized spacial score (nSPS) is 12.7. The zero-order valence-electron chi connectivity index (χ0n) is 13.9. The number of hydrogen-bond donors (Lipinski definition) is 0. The van der Waals surface area contributed by atoms with Crippen molar-refractivity contribution in [2.24, 2.45) is 0 Å². The fourth-order valence-electron chi connectivity index (χ4n) is 2.41. The fraction of sp³-hybridized carbons (Fsp3) is 0.412. The molecule has 0 saturated heterocycles. The lowest BCUT2D eigenvalue weighted by Crippen LogP contribution is -2.21. The maximum atomic E-state index is 12.5. The van der Waals surface area contributed by atoms with Crippen LogP contribution in [0.15, 0.2) is 36.5 Å². The molecule has 136 valence electrons. The Balaban J connectivity index is 2.09. The number of carbonyl (C=O) groups is 1. The molecular formula is C17H19F3N2O3. The maximum Gasteiger partial charge on any atom is 0.408 e. The molecule has 2 rings (SSSR count). The van der Waals surface area contributed by atoms with Gasteiger partial charge in [-0.1, -0.05) is 25.1 Å². The van der Waals surface area contributed by atoms with Gasteiger partial charge in [0.2, 0.25) is 0 Å². The smallest absolute Gasteiger partial charge is 0.408 e. The van der Waals surface area contributed by atoms with Crippen LogP contribution in [-0.4, -0.2) is 29.0 Å². The molecule has 0 fully saturated rings. The van der Waals surface area contributed by atoms with E-state index in [4.69, 9.17) is 4.74 Å². The number of para-hydroxylation sites is 1. The number of aromatic nitrogens is 2. The average molecular weight is 356 g/mol. The van der Waals surface area contributed by atoms with E-state index in [2.05, 4.69) is 9.84 Å². The molecule has 0 radical (unpaired) electrons. The number of halogens is 3. The van der Waals surface area contributed by atoms with E-state index >= 15 is 0 Å². The van der Waals surface area contributed by atoms with Gasteiger partial charge in [0.05, 0.1) is 19.2 Å². The number of hydrogen-bond acceptors (Lipinski definition) is 4. The van der Waals surface area contributed by atoms with Crippen LogP contribution in [0.3, 0.4) is 0 Å². The Hall–Kier alpha value is -2.51. The molecular weight excluding hydrogens is 337 g/mol. The van der Waals surface area contributed by atoms with Crippen molar-refractivity contribution < 1.29 is 27.4 Å². The topological polar surface area (TPSA) is 53.4 Å².